The second kappa shape index (κ2) is 9.17. The van der Waals surface area contributed by atoms with Gasteiger partial charge in [-0.1, -0.05) is 24.3 Å². The molecule has 1 aromatic heterocycles. The molecule has 7 nitrogen and oxygen atoms in total. The van der Waals surface area contributed by atoms with E-state index in [-0.39, 0.29) is 18.4 Å². The van der Waals surface area contributed by atoms with Crippen molar-refractivity contribution in [3.05, 3.63) is 59.5 Å². The Labute approximate surface area is 152 Å². The summed E-state index contributed by atoms with van der Waals surface area (Å²) in [6.07, 6.45) is 2.76. The molecular formula is C19H23N3O4. The van der Waals surface area contributed by atoms with Crippen LogP contribution in [-0.4, -0.2) is 49.6 Å². The van der Waals surface area contributed by atoms with Gasteiger partial charge in [0.2, 0.25) is 5.91 Å². The van der Waals surface area contributed by atoms with Gasteiger partial charge < -0.3 is 19.8 Å². The van der Waals surface area contributed by atoms with Crippen molar-refractivity contribution in [1.82, 2.24) is 15.5 Å². The van der Waals surface area contributed by atoms with Crippen molar-refractivity contribution < 1.29 is 18.7 Å². The number of carbonyl (C=O) groups is 2. The summed E-state index contributed by atoms with van der Waals surface area (Å²) in [5, 5.41) is 5.43. The maximum atomic E-state index is 12.0. The predicted octanol–water partition coefficient (Wildman–Crippen LogP) is 1.16. The van der Waals surface area contributed by atoms with E-state index in [2.05, 4.69) is 21.6 Å². The predicted molar refractivity (Wildman–Crippen MR) is 95.4 cm³/mol. The highest BCUT2D eigenvalue weighted by molar-refractivity contribution is 5.96. The van der Waals surface area contributed by atoms with Crippen molar-refractivity contribution in [3.63, 3.8) is 0 Å². The van der Waals surface area contributed by atoms with Crippen LogP contribution < -0.4 is 10.6 Å². The van der Waals surface area contributed by atoms with Gasteiger partial charge in [0.15, 0.2) is 0 Å². The highest BCUT2D eigenvalue weighted by Crippen LogP contribution is 2.13. The Morgan fingerprint density at radius 2 is 1.81 bits per heavy atom. The van der Waals surface area contributed by atoms with Crippen LogP contribution >= 0.6 is 0 Å². The molecule has 26 heavy (non-hydrogen) atoms. The molecular weight excluding hydrogens is 334 g/mol. The van der Waals surface area contributed by atoms with Crippen LogP contribution in [0, 0.1) is 0 Å². The number of hydrogen-bond donors (Lipinski definition) is 2. The van der Waals surface area contributed by atoms with E-state index < -0.39 is 0 Å². The lowest BCUT2D eigenvalue weighted by Crippen LogP contribution is -2.37. The number of ether oxygens (including phenoxy) is 1. The number of rotatable bonds is 7. The van der Waals surface area contributed by atoms with E-state index in [1.54, 1.807) is 6.07 Å². The van der Waals surface area contributed by atoms with E-state index in [9.17, 15) is 9.59 Å². The molecule has 0 saturated carbocycles. The average molecular weight is 357 g/mol. The van der Waals surface area contributed by atoms with Crippen LogP contribution in [0.5, 0.6) is 0 Å². The molecule has 7 heteroatoms. The van der Waals surface area contributed by atoms with Crippen molar-refractivity contribution in [2.45, 2.75) is 13.1 Å². The number of benzene rings is 1. The summed E-state index contributed by atoms with van der Waals surface area (Å²) in [7, 11) is 0. The molecule has 0 unspecified atom stereocenters. The Balaban J connectivity index is 1.47. The molecule has 3 rings (SSSR count). The minimum Gasteiger partial charge on any atom is -0.472 e. The van der Waals surface area contributed by atoms with Crippen LogP contribution in [0.15, 0.2) is 47.3 Å². The van der Waals surface area contributed by atoms with Crippen LogP contribution in [0.25, 0.3) is 0 Å². The van der Waals surface area contributed by atoms with Gasteiger partial charge in [0.1, 0.15) is 6.26 Å². The van der Waals surface area contributed by atoms with Crippen molar-refractivity contribution in [1.29, 1.82) is 0 Å². The summed E-state index contributed by atoms with van der Waals surface area (Å²) in [6.45, 7) is 4.55. The molecule has 1 fully saturated rings. The molecule has 1 aliphatic rings. The van der Waals surface area contributed by atoms with Crippen molar-refractivity contribution in [3.8, 4) is 0 Å². The molecule has 2 amide bonds. The summed E-state index contributed by atoms with van der Waals surface area (Å²) in [4.78, 5) is 26.2. The Hall–Kier alpha value is -2.64. The quantitative estimate of drug-likeness (QED) is 0.777. The molecule has 1 aromatic carbocycles. The summed E-state index contributed by atoms with van der Waals surface area (Å²) in [5.41, 5.74) is 2.67. The zero-order valence-electron chi connectivity index (χ0n) is 14.6. The Morgan fingerprint density at radius 1 is 1.04 bits per heavy atom. The molecule has 0 atom stereocenters. The summed E-state index contributed by atoms with van der Waals surface area (Å²) < 4.78 is 10.2. The number of amides is 2. The van der Waals surface area contributed by atoms with Crippen LogP contribution in [0.2, 0.25) is 0 Å². The third kappa shape index (κ3) is 5.18. The smallest absolute Gasteiger partial charge is 0.254 e. The maximum absolute atomic E-state index is 12.0. The zero-order valence-corrected chi connectivity index (χ0v) is 14.6. The van der Waals surface area contributed by atoms with Gasteiger partial charge >= 0.3 is 0 Å². The standard InChI is InChI=1S/C19H23N3O4/c23-18(12-21-19(24)17-5-8-26-14-17)20-11-15-3-1-2-4-16(15)13-22-6-9-25-10-7-22/h1-5,8,14H,6-7,9-13H2,(H,20,23)(H,21,24). The SMILES string of the molecule is O=C(CNC(=O)c1ccoc1)NCc1ccccc1CN1CCOCC1. The summed E-state index contributed by atoms with van der Waals surface area (Å²) in [6, 6.07) is 9.62. The van der Waals surface area contributed by atoms with Gasteiger partial charge in [-0.05, 0) is 17.2 Å². The van der Waals surface area contributed by atoms with E-state index in [1.165, 1.54) is 18.1 Å². The maximum Gasteiger partial charge on any atom is 0.254 e. The lowest BCUT2D eigenvalue weighted by molar-refractivity contribution is -0.120. The molecule has 2 heterocycles. The number of furan rings is 1. The van der Waals surface area contributed by atoms with E-state index in [0.717, 1.165) is 38.4 Å². The van der Waals surface area contributed by atoms with Gasteiger partial charge in [0.25, 0.3) is 5.91 Å². The van der Waals surface area contributed by atoms with E-state index in [1.807, 2.05) is 18.2 Å². The van der Waals surface area contributed by atoms with Gasteiger partial charge in [-0.15, -0.1) is 0 Å². The molecule has 0 bridgehead atoms. The molecule has 0 spiro atoms. The van der Waals surface area contributed by atoms with Crippen LogP contribution in [0.1, 0.15) is 21.5 Å². The number of carbonyl (C=O) groups excluding carboxylic acids is 2. The molecule has 1 aliphatic heterocycles. The minimum absolute atomic E-state index is 0.0738. The first-order chi connectivity index (χ1) is 12.7. The summed E-state index contributed by atoms with van der Waals surface area (Å²) >= 11 is 0. The average Bonchev–Trinajstić information content (AvgIpc) is 3.21. The van der Waals surface area contributed by atoms with E-state index in [4.69, 9.17) is 9.15 Å². The molecule has 0 radical (unpaired) electrons. The molecule has 0 aliphatic carbocycles. The Bertz CT molecular complexity index is 724. The van der Waals surface area contributed by atoms with Crippen LogP contribution in [0.3, 0.4) is 0 Å². The third-order valence-electron chi connectivity index (χ3n) is 4.28. The second-order valence-corrected chi connectivity index (χ2v) is 6.13. The first kappa shape index (κ1) is 18.2. The third-order valence-corrected chi connectivity index (χ3v) is 4.28. The highest BCUT2D eigenvalue weighted by Gasteiger charge is 2.13. The second-order valence-electron chi connectivity index (χ2n) is 6.13. The lowest BCUT2D eigenvalue weighted by atomic mass is 10.1. The van der Waals surface area contributed by atoms with Gasteiger partial charge in [-0.2, -0.15) is 0 Å². The number of morpholine rings is 1. The normalized spacial score (nSPS) is 14.8. The highest BCUT2D eigenvalue weighted by atomic mass is 16.5. The van der Waals surface area contributed by atoms with E-state index in [0.29, 0.717) is 12.1 Å². The minimum atomic E-state index is -0.332. The fourth-order valence-corrected chi connectivity index (χ4v) is 2.80. The fourth-order valence-electron chi connectivity index (χ4n) is 2.80. The van der Waals surface area contributed by atoms with Gasteiger partial charge in [-0.3, -0.25) is 14.5 Å². The topological polar surface area (TPSA) is 83.8 Å². The van der Waals surface area contributed by atoms with Gasteiger partial charge in [0.05, 0.1) is 31.6 Å². The first-order valence-electron chi connectivity index (χ1n) is 8.66. The zero-order chi connectivity index (χ0) is 18.2. The Kier molecular flexibility index (Phi) is 6.40. The van der Waals surface area contributed by atoms with Gasteiger partial charge in [-0.25, -0.2) is 0 Å². The monoisotopic (exact) mass is 357 g/mol. The Morgan fingerprint density at radius 3 is 2.54 bits per heavy atom. The van der Waals surface area contributed by atoms with Crippen LogP contribution in [0.4, 0.5) is 0 Å². The molecule has 2 N–H and O–H groups in total. The van der Waals surface area contributed by atoms with E-state index >= 15 is 0 Å². The number of nitrogens with zero attached hydrogens (tertiary/aromatic N) is 1. The van der Waals surface area contributed by atoms with Crippen molar-refractivity contribution in [2.75, 3.05) is 32.8 Å². The summed E-state index contributed by atoms with van der Waals surface area (Å²) in [5.74, 6) is -0.565. The number of nitrogens with one attached hydrogen (secondary N) is 2. The molecule has 2 aromatic rings. The number of hydrogen-bond acceptors (Lipinski definition) is 5. The van der Waals surface area contributed by atoms with Crippen LogP contribution in [-0.2, 0) is 22.6 Å². The first-order valence-corrected chi connectivity index (χ1v) is 8.66. The molecule has 1 saturated heterocycles. The fraction of sp³-hybridized carbons (Fsp3) is 0.368. The van der Waals surface area contributed by atoms with Crippen molar-refractivity contribution in [2.24, 2.45) is 0 Å². The molecule has 138 valence electrons. The lowest BCUT2D eigenvalue weighted by Gasteiger charge is -2.27. The van der Waals surface area contributed by atoms with Crippen molar-refractivity contribution >= 4 is 11.8 Å². The van der Waals surface area contributed by atoms with Gasteiger partial charge in [0, 0.05) is 26.2 Å². The largest absolute Gasteiger partial charge is 0.472 e.